The van der Waals surface area contributed by atoms with Crippen LogP contribution in [0.5, 0.6) is 0 Å². The van der Waals surface area contributed by atoms with Crippen LogP contribution < -0.4 is 5.32 Å². The van der Waals surface area contributed by atoms with Crippen LogP contribution in [0.3, 0.4) is 0 Å². The lowest BCUT2D eigenvalue weighted by molar-refractivity contribution is -0.138. The molecule has 0 amide bonds. The molecule has 0 spiro atoms. The van der Waals surface area contributed by atoms with Crippen molar-refractivity contribution < 1.29 is 17.9 Å². The summed E-state index contributed by atoms with van der Waals surface area (Å²) in [7, 11) is 1.77. The maximum Gasteiger partial charge on any atom is 0.390 e. The molecule has 2 rings (SSSR count). The molecule has 1 aliphatic heterocycles. The van der Waals surface area contributed by atoms with Crippen molar-refractivity contribution in [2.45, 2.75) is 69.3 Å². The molecule has 2 fully saturated rings. The second-order valence-corrected chi connectivity index (χ2v) is 6.31. The molecule has 1 saturated carbocycles. The lowest BCUT2D eigenvalue weighted by atomic mass is 9.91. The van der Waals surface area contributed by atoms with Crippen LogP contribution in [0.15, 0.2) is 0 Å². The summed E-state index contributed by atoms with van der Waals surface area (Å²) in [6.07, 6.45) is 2.15. The van der Waals surface area contributed by atoms with Crippen LogP contribution in [0.1, 0.15) is 44.9 Å². The number of piperidine rings is 1. The summed E-state index contributed by atoms with van der Waals surface area (Å²) in [6.45, 7) is 1.66. The van der Waals surface area contributed by atoms with Crippen molar-refractivity contribution in [1.29, 1.82) is 0 Å². The smallest absolute Gasteiger partial charge is 0.380 e. The summed E-state index contributed by atoms with van der Waals surface area (Å²) < 4.78 is 42.2. The fourth-order valence-corrected chi connectivity index (χ4v) is 3.48. The summed E-state index contributed by atoms with van der Waals surface area (Å²) in [4.78, 5) is 1.93. The first-order chi connectivity index (χ1) is 9.98. The average Bonchev–Trinajstić information content (AvgIpc) is 2.46. The predicted molar refractivity (Wildman–Crippen MR) is 76.3 cm³/mol. The minimum Gasteiger partial charge on any atom is -0.380 e. The van der Waals surface area contributed by atoms with E-state index in [1.807, 2.05) is 4.90 Å². The zero-order chi connectivity index (χ0) is 15.3. The Hall–Kier alpha value is -0.330. The first-order valence-electron chi connectivity index (χ1n) is 8.06. The van der Waals surface area contributed by atoms with E-state index in [2.05, 4.69) is 5.32 Å². The van der Waals surface area contributed by atoms with Gasteiger partial charge in [-0.3, -0.25) is 0 Å². The van der Waals surface area contributed by atoms with Crippen molar-refractivity contribution in [3.8, 4) is 0 Å². The van der Waals surface area contributed by atoms with E-state index in [1.54, 1.807) is 7.11 Å². The maximum absolute atomic E-state index is 12.2. The molecule has 0 aromatic carbocycles. The summed E-state index contributed by atoms with van der Waals surface area (Å²) in [5.41, 5.74) is 0. The van der Waals surface area contributed by atoms with E-state index in [1.165, 1.54) is 12.8 Å². The number of halogens is 3. The number of nitrogens with one attached hydrogen (secondary N) is 1. The normalized spacial score (nSPS) is 29.7. The van der Waals surface area contributed by atoms with Gasteiger partial charge in [0.1, 0.15) is 0 Å². The Morgan fingerprint density at radius 2 is 1.76 bits per heavy atom. The van der Waals surface area contributed by atoms with Crippen molar-refractivity contribution in [3.63, 3.8) is 0 Å². The molecule has 6 heteroatoms. The Morgan fingerprint density at radius 1 is 1.10 bits per heavy atom. The molecule has 2 aliphatic rings. The van der Waals surface area contributed by atoms with E-state index in [0.29, 0.717) is 18.2 Å². The lowest BCUT2D eigenvalue weighted by Gasteiger charge is -2.38. The topological polar surface area (TPSA) is 24.5 Å². The molecule has 1 heterocycles. The van der Waals surface area contributed by atoms with Crippen molar-refractivity contribution in [2.75, 3.05) is 26.7 Å². The van der Waals surface area contributed by atoms with Gasteiger partial charge in [0, 0.05) is 25.7 Å². The molecule has 2 atom stereocenters. The average molecular weight is 308 g/mol. The van der Waals surface area contributed by atoms with E-state index >= 15 is 0 Å². The van der Waals surface area contributed by atoms with Gasteiger partial charge in [0.25, 0.3) is 0 Å². The van der Waals surface area contributed by atoms with Gasteiger partial charge in [-0.15, -0.1) is 0 Å². The summed E-state index contributed by atoms with van der Waals surface area (Å²) in [5, 5.41) is 3.68. The Kier molecular flexibility index (Phi) is 6.32. The first kappa shape index (κ1) is 17.0. The quantitative estimate of drug-likeness (QED) is 0.845. The molecule has 1 aliphatic carbocycles. The Bertz CT molecular complexity index is 304. The van der Waals surface area contributed by atoms with Crippen LogP contribution >= 0.6 is 0 Å². The van der Waals surface area contributed by atoms with Gasteiger partial charge >= 0.3 is 6.18 Å². The molecule has 0 aromatic heterocycles. The molecule has 124 valence electrons. The molecular weight excluding hydrogens is 281 g/mol. The number of nitrogens with zero attached hydrogens (tertiary/aromatic N) is 1. The zero-order valence-electron chi connectivity index (χ0n) is 12.8. The van der Waals surface area contributed by atoms with Gasteiger partial charge in [0.15, 0.2) is 0 Å². The van der Waals surface area contributed by atoms with E-state index in [4.69, 9.17) is 4.74 Å². The van der Waals surface area contributed by atoms with Gasteiger partial charge in [-0.2, -0.15) is 13.2 Å². The largest absolute Gasteiger partial charge is 0.390 e. The van der Waals surface area contributed by atoms with E-state index in [0.717, 1.165) is 38.8 Å². The van der Waals surface area contributed by atoms with Crippen LogP contribution in [0.25, 0.3) is 0 Å². The third kappa shape index (κ3) is 5.75. The highest BCUT2D eigenvalue weighted by atomic mass is 19.4. The fraction of sp³-hybridized carbons (Fsp3) is 1.00. The number of hydrogen-bond donors (Lipinski definition) is 1. The minimum atomic E-state index is -4.04. The molecule has 21 heavy (non-hydrogen) atoms. The highest BCUT2D eigenvalue weighted by Gasteiger charge is 2.31. The molecule has 1 saturated heterocycles. The van der Waals surface area contributed by atoms with Crippen LogP contribution in [0.2, 0.25) is 0 Å². The van der Waals surface area contributed by atoms with Gasteiger partial charge < -0.3 is 15.0 Å². The van der Waals surface area contributed by atoms with Gasteiger partial charge in [0.2, 0.25) is 0 Å². The zero-order valence-corrected chi connectivity index (χ0v) is 12.8. The van der Waals surface area contributed by atoms with Gasteiger partial charge in [0.05, 0.1) is 12.5 Å². The molecule has 1 N–H and O–H groups in total. The minimum absolute atomic E-state index is 0.139. The predicted octanol–water partition coefficient (Wildman–Crippen LogP) is 2.95. The van der Waals surface area contributed by atoms with Crippen LogP contribution in [-0.2, 0) is 4.74 Å². The third-order valence-corrected chi connectivity index (χ3v) is 4.75. The molecular formula is C15H27F3N2O. The lowest BCUT2D eigenvalue weighted by Crippen LogP contribution is -2.51. The molecule has 0 bridgehead atoms. The van der Waals surface area contributed by atoms with Crippen molar-refractivity contribution in [1.82, 2.24) is 10.2 Å². The second kappa shape index (κ2) is 7.79. The summed E-state index contributed by atoms with van der Waals surface area (Å²) >= 11 is 0. The van der Waals surface area contributed by atoms with Crippen molar-refractivity contribution in [2.24, 2.45) is 0 Å². The number of likely N-dealkylation sites (tertiary alicyclic amines) is 1. The third-order valence-electron chi connectivity index (χ3n) is 4.75. The second-order valence-electron chi connectivity index (χ2n) is 6.31. The number of rotatable bonds is 5. The number of methoxy groups -OCH3 is 1. The highest BCUT2D eigenvalue weighted by Crippen LogP contribution is 2.24. The molecule has 3 nitrogen and oxygen atoms in total. The standard InChI is InChI=1S/C15H27F3N2O/c1-21-14-5-3-2-4-13(14)19-12-6-9-20(10-7-12)11-8-15(16,17)18/h12-14,19H,2-11H2,1H3. The Balaban J connectivity index is 1.69. The molecule has 2 unspecified atom stereocenters. The number of ether oxygens (including phenoxy) is 1. The SMILES string of the molecule is COC1CCCCC1NC1CCN(CCC(F)(F)F)CC1. The van der Waals surface area contributed by atoms with E-state index in [-0.39, 0.29) is 6.54 Å². The Morgan fingerprint density at radius 3 is 2.38 bits per heavy atom. The Labute approximate surface area is 125 Å². The fourth-order valence-electron chi connectivity index (χ4n) is 3.48. The number of hydrogen-bond acceptors (Lipinski definition) is 3. The number of alkyl halides is 3. The molecule has 0 aromatic rings. The van der Waals surface area contributed by atoms with Crippen LogP contribution in [0.4, 0.5) is 13.2 Å². The van der Waals surface area contributed by atoms with Crippen LogP contribution in [-0.4, -0.2) is 56.0 Å². The van der Waals surface area contributed by atoms with E-state index < -0.39 is 12.6 Å². The monoisotopic (exact) mass is 308 g/mol. The first-order valence-corrected chi connectivity index (χ1v) is 8.06. The van der Waals surface area contributed by atoms with Crippen molar-refractivity contribution >= 4 is 0 Å². The summed E-state index contributed by atoms with van der Waals surface area (Å²) in [6, 6.07) is 0.836. The molecule has 0 radical (unpaired) electrons. The van der Waals surface area contributed by atoms with Gasteiger partial charge in [-0.25, -0.2) is 0 Å². The van der Waals surface area contributed by atoms with Crippen LogP contribution in [0, 0.1) is 0 Å². The van der Waals surface area contributed by atoms with Gasteiger partial charge in [-0.05, 0) is 38.8 Å². The van der Waals surface area contributed by atoms with Gasteiger partial charge in [-0.1, -0.05) is 12.8 Å². The van der Waals surface area contributed by atoms with Crippen molar-refractivity contribution in [3.05, 3.63) is 0 Å². The highest BCUT2D eigenvalue weighted by molar-refractivity contribution is 4.87. The maximum atomic E-state index is 12.2. The van der Waals surface area contributed by atoms with E-state index in [9.17, 15) is 13.2 Å². The summed E-state index contributed by atoms with van der Waals surface area (Å²) in [5.74, 6) is 0.